The molecular weight excluding hydrogens is 366 g/mol. The highest BCUT2D eigenvalue weighted by molar-refractivity contribution is 6.06. The molecule has 6 heteroatoms. The van der Waals surface area contributed by atoms with Gasteiger partial charge in [-0.25, -0.2) is 0 Å². The monoisotopic (exact) mass is 385 g/mol. The molecule has 29 heavy (non-hydrogen) atoms. The van der Waals surface area contributed by atoms with Crippen LogP contribution in [0.15, 0.2) is 90.6 Å². The first-order chi connectivity index (χ1) is 14.2. The molecule has 2 N–H and O–H groups in total. The molecule has 0 atom stereocenters. The van der Waals surface area contributed by atoms with E-state index in [2.05, 4.69) is 10.6 Å². The first-order valence-corrected chi connectivity index (χ1v) is 8.84. The second-order valence-corrected chi connectivity index (χ2v) is 5.91. The van der Waals surface area contributed by atoms with Gasteiger partial charge in [0.25, 0.3) is 5.91 Å². The van der Waals surface area contributed by atoms with Crippen molar-refractivity contribution in [2.45, 2.75) is 0 Å². The summed E-state index contributed by atoms with van der Waals surface area (Å²) < 4.78 is 11.0. The number of rotatable bonds is 7. The van der Waals surface area contributed by atoms with Crippen molar-refractivity contribution >= 4 is 17.3 Å². The number of nitriles is 1. The fraction of sp³-hybridized carbons (Fsp3) is 0.0435. The molecule has 0 aliphatic rings. The third kappa shape index (κ3) is 5.37. The Hall–Kier alpha value is -4.24. The first-order valence-electron chi connectivity index (χ1n) is 8.84. The molecule has 0 unspecified atom stereocenters. The van der Waals surface area contributed by atoms with Gasteiger partial charge >= 0.3 is 0 Å². The van der Waals surface area contributed by atoms with E-state index < -0.39 is 5.91 Å². The Balaban J connectivity index is 1.64. The molecule has 0 radical (unpaired) electrons. The van der Waals surface area contributed by atoms with Gasteiger partial charge in [0, 0.05) is 11.9 Å². The van der Waals surface area contributed by atoms with Gasteiger partial charge in [0.05, 0.1) is 12.8 Å². The zero-order valence-electron chi connectivity index (χ0n) is 15.8. The van der Waals surface area contributed by atoms with Crippen LogP contribution in [-0.2, 0) is 4.79 Å². The van der Waals surface area contributed by atoms with E-state index in [0.717, 1.165) is 5.75 Å². The molecule has 0 bridgehead atoms. The summed E-state index contributed by atoms with van der Waals surface area (Å²) in [6, 6.07) is 25.4. The number of hydrogen-bond acceptors (Lipinski definition) is 5. The zero-order chi connectivity index (χ0) is 20.5. The number of ether oxygens (including phenoxy) is 2. The summed E-state index contributed by atoms with van der Waals surface area (Å²) in [5.41, 5.74) is 1.13. The topological polar surface area (TPSA) is 83.4 Å². The lowest BCUT2D eigenvalue weighted by Gasteiger charge is -2.09. The van der Waals surface area contributed by atoms with Gasteiger partial charge in [0.15, 0.2) is 0 Å². The van der Waals surface area contributed by atoms with Crippen LogP contribution in [0, 0.1) is 11.3 Å². The molecule has 0 saturated carbocycles. The summed E-state index contributed by atoms with van der Waals surface area (Å²) >= 11 is 0. The van der Waals surface area contributed by atoms with Gasteiger partial charge in [0.1, 0.15) is 28.9 Å². The Kier molecular flexibility index (Phi) is 6.48. The van der Waals surface area contributed by atoms with Crippen molar-refractivity contribution in [3.05, 3.63) is 90.6 Å². The second-order valence-electron chi connectivity index (χ2n) is 5.91. The number of carbonyl (C=O) groups excluding carboxylic acids is 1. The molecule has 0 fully saturated rings. The lowest BCUT2D eigenvalue weighted by molar-refractivity contribution is -0.112. The van der Waals surface area contributed by atoms with Crippen LogP contribution in [0.1, 0.15) is 0 Å². The molecule has 0 heterocycles. The highest BCUT2D eigenvalue weighted by Crippen LogP contribution is 2.24. The second kappa shape index (κ2) is 9.62. The molecule has 0 saturated heterocycles. The standard InChI is InChI=1S/C23H19N3O3/c1-28-22-10-6-5-9-21(22)25-16-17(15-24)23(27)26-18-11-13-20(14-12-18)29-19-7-3-2-4-8-19/h2-14,16,25H,1H3,(H,26,27)/b17-16-. The molecule has 3 aromatic carbocycles. The van der Waals surface area contributed by atoms with Crippen molar-refractivity contribution in [1.29, 1.82) is 5.26 Å². The maximum atomic E-state index is 12.4. The fourth-order valence-electron chi connectivity index (χ4n) is 2.49. The SMILES string of the molecule is COc1ccccc1N/C=C(/C#N)C(=O)Nc1ccc(Oc2ccccc2)cc1. The highest BCUT2D eigenvalue weighted by Gasteiger charge is 2.10. The number of nitrogens with one attached hydrogen (secondary N) is 2. The smallest absolute Gasteiger partial charge is 0.267 e. The fourth-order valence-corrected chi connectivity index (χ4v) is 2.49. The van der Waals surface area contributed by atoms with E-state index in [1.807, 2.05) is 48.5 Å². The first kappa shape index (κ1) is 19.5. The number of hydrogen-bond donors (Lipinski definition) is 2. The minimum Gasteiger partial charge on any atom is -0.495 e. The quantitative estimate of drug-likeness (QED) is 0.444. The molecule has 1 amide bonds. The van der Waals surface area contributed by atoms with Crippen LogP contribution < -0.4 is 20.1 Å². The van der Waals surface area contributed by atoms with E-state index in [0.29, 0.717) is 22.9 Å². The molecule has 6 nitrogen and oxygen atoms in total. The van der Waals surface area contributed by atoms with Gasteiger partial charge in [0.2, 0.25) is 0 Å². The largest absolute Gasteiger partial charge is 0.495 e. The Morgan fingerprint density at radius 3 is 2.28 bits per heavy atom. The van der Waals surface area contributed by atoms with E-state index in [-0.39, 0.29) is 5.57 Å². The third-order valence-corrected chi connectivity index (χ3v) is 3.94. The van der Waals surface area contributed by atoms with Crippen LogP contribution in [0.25, 0.3) is 0 Å². The number of nitrogens with zero attached hydrogens (tertiary/aromatic N) is 1. The van der Waals surface area contributed by atoms with Crippen LogP contribution in [0.3, 0.4) is 0 Å². The van der Waals surface area contributed by atoms with Gasteiger partial charge in [-0.1, -0.05) is 30.3 Å². The lowest BCUT2D eigenvalue weighted by atomic mass is 10.2. The van der Waals surface area contributed by atoms with Gasteiger partial charge in [-0.3, -0.25) is 4.79 Å². The number of carbonyl (C=O) groups is 1. The predicted molar refractivity (Wildman–Crippen MR) is 112 cm³/mol. The van der Waals surface area contributed by atoms with E-state index in [4.69, 9.17) is 9.47 Å². The highest BCUT2D eigenvalue weighted by atomic mass is 16.5. The van der Waals surface area contributed by atoms with Gasteiger partial charge < -0.3 is 20.1 Å². The summed E-state index contributed by atoms with van der Waals surface area (Å²) in [5.74, 6) is 1.45. The lowest BCUT2D eigenvalue weighted by Crippen LogP contribution is -2.14. The maximum Gasteiger partial charge on any atom is 0.267 e. The summed E-state index contributed by atoms with van der Waals surface area (Å²) in [7, 11) is 1.55. The number of benzene rings is 3. The molecule has 0 aromatic heterocycles. The average Bonchev–Trinajstić information content (AvgIpc) is 2.76. The van der Waals surface area contributed by atoms with Crippen LogP contribution >= 0.6 is 0 Å². The number of anilines is 2. The van der Waals surface area contributed by atoms with E-state index in [1.165, 1.54) is 6.20 Å². The number of amides is 1. The number of methoxy groups -OCH3 is 1. The van der Waals surface area contributed by atoms with E-state index >= 15 is 0 Å². The molecular formula is C23H19N3O3. The zero-order valence-corrected chi connectivity index (χ0v) is 15.8. The van der Waals surface area contributed by atoms with Gasteiger partial charge in [-0.2, -0.15) is 5.26 Å². The Bertz CT molecular complexity index is 1040. The molecule has 3 aromatic rings. The summed E-state index contributed by atoms with van der Waals surface area (Å²) in [6.07, 6.45) is 1.35. The van der Waals surface area contributed by atoms with Crippen molar-refractivity contribution in [3.63, 3.8) is 0 Å². The molecule has 0 aliphatic heterocycles. The van der Waals surface area contributed by atoms with E-state index in [9.17, 15) is 10.1 Å². The predicted octanol–water partition coefficient (Wildman–Crippen LogP) is 4.95. The normalized spacial score (nSPS) is 10.6. The van der Waals surface area contributed by atoms with Crippen LogP contribution in [0.4, 0.5) is 11.4 Å². The van der Waals surface area contributed by atoms with Crippen LogP contribution in [0.2, 0.25) is 0 Å². The third-order valence-electron chi connectivity index (χ3n) is 3.94. The molecule has 0 aliphatic carbocycles. The van der Waals surface area contributed by atoms with Crippen LogP contribution in [-0.4, -0.2) is 13.0 Å². The van der Waals surface area contributed by atoms with Gasteiger partial charge in [-0.05, 0) is 48.5 Å². The number of para-hydroxylation sites is 3. The van der Waals surface area contributed by atoms with E-state index in [1.54, 1.807) is 43.5 Å². The Morgan fingerprint density at radius 1 is 0.931 bits per heavy atom. The summed E-state index contributed by atoms with van der Waals surface area (Å²) in [6.45, 7) is 0. The molecule has 0 spiro atoms. The Labute approximate surface area is 169 Å². The van der Waals surface area contributed by atoms with Crippen molar-refractivity contribution in [2.75, 3.05) is 17.7 Å². The maximum absolute atomic E-state index is 12.4. The molecule has 144 valence electrons. The minimum absolute atomic E-state index is 0.0690. The van der Waals surface area contributed by atoms with Gasteiger partial charge in [-0.15, -0.1) is 0 Å². The van der Waals surface area contributed by atoms with Crippen molar-refractivity contribution in [3.8, 4) is 23.3 Å². The van der Waals surface area contributed by atoms with Crippen molar-refractivity contribution in [2.24, 2.45) is 0 Å². The minimum atomic E-state index is -0.522. The summed E-state index contributed by atoms with van der Waals surface area (Å²) in [5, 5.41) is 14.9. The average molecular weight is 385 g/mol. The van der Waals surface area contributed by atoms with Crippen molar-refractivity contribution < 1.29 is 14.3 Å². The summed E-state index contributed by atoms with van der Waals surface area (Å²) in [4.78, 5) is 12.4. The van der Waals surface area contributed by atoms with Crippen molar-refractivity contribution in [1.82, 2.24) is 0 Å². The Morgan fingerprint density at radius 2 is 1.59 bits per heavy atom. The van der Waals surface area contributed by atoms with Crippen LogP contribution in [0.5, 0.6) is 17.2 Å². The molecule has 3 rings (SSSR count).